The second-order valence-electron chi connectivity index (χ2n) is 14.5. The van der Waals surface area contributed by atoms with Crippen LogP contribution in [0.3, 0.4) is 0 Å². The molecule has 0 bridgehead atoms. The molecule has 4 N–H and O–H groups in total. The summed E-state index contributed by atoms with van der Waals surface area (Å²) in [6, 6.07) is -1.54. The summed E-state index contributed by atoms with van der Waals surface area (Å²) in [4.78, 5) is 46.1. The summed E-state index contributed by atoms with van der Waals surface area (Å²) in [5.74, 6) is -2.51. The Labute approximate surface area is 354 Å². The second kappa shape index (κ2) is 36.5. The number of nitrogens with two attached hydrogens (primary N) is 1. The van der Waals surface area contributed by atoms with E-state index in [4.69, 9.17) is 29.6 Å². The Balaban J connectivity index is 2.37. The topological polar surface area (TPSA) is 184 Å². The number of esters is 2. The van der Waals surface area contributed by atoms with E-state index < -0.39 is 57.7 Å². The first kappa shape index (κ1) is 53.6. The number of rotatable bonds is 38. The summed E-state index contributed by atoms with van der Waals surface area (Å²) in [7, 11) is -4.75. The smallest absolute Gasteiger partial charge is 0.472 e. The van der Waals surface area contributed by atoms with Crippen molar-refractivity contribution < 1.29 is 52.2 Å². The Kier molecular flexibility index (Phi) is 33.2. The molecule has 59 heavy (non-hydrogen) atoms. The van der Waals surface area contributed by atoms with Crippen molar-refractivity contribution in [1.29, 1.82) is 0 Å². The monoisotopic (exact) mass is 847 g/mol. The highest BCUT2D eigenvalue weighted by atomic mass is 31.2. The van der Waals surface area contributed by atoms with Gasteiger partial charge in [0.2, 0.25) is 0 Å². The van der Waals surface area contributed by atoms with Gasteiger partial charge in [0.25, 0.3) is 0 Å². The molecule has 0 spiro atoms. The molecule has 0 aliphatic carbocycles. The molecular weight excluding hydrogens is 773 g/mol. The molecule has 1 heterocycles. The van der Waals surface area contributed by atoms with Crippen LogP contribution in [0.15, 0.2) is 85.1 Å². The zero-order chi connectivity index (χ0) is 43.2. The number of phosphoric ester groups is 1. The number of allylic oxidation sites excluding steroid dienone is 13. The summed E-state index contributed by atoms with van der Waals surface area (Å²) in [5, 5.41) is 8.90. The number of epoxide rings is 1. The lowest BCUT2D eigenvalue weighted by Gasteiger charge is -2.20. The molecule has 12 nitrogen and oxygen atoms in total. The van der Waals surface area contributed by atoms with E-state index in [1.165, 1.54) is 19.3 Å². The Hall–Kier alpha value is -3.38. The van der Waals surface area contributed by atoms with Crippen molar-refractivity contribution >= 4 is 25.7 Å². The number of unbranched alkanes of at least 4 members (excludes halogenated alkanes) is 7. The number of phosphoric acid groups is 1. The lowest BCUT2D eigenvalue weighted by atomic mass is 10.1. The molecule has 0 saturated carbocycles. The molecule has 0 amide bonds. The lowest BCUT2D eigenvalue weighted by Crippen LogP contribution is -2.34. The maximum Gasteiger partial charge on any atom is 0.472 e. The first-order valence-electron chi connectivity index (χ1n) is 21.7. The van der Waals surface area contributed by atoms with Crippen molar-refractivity contribution in [2.45, 2.75) is 167 Å². The Morgan fingerprint density at radius 1 is 0.644 bits per heavy atom. The van der Waals surface area contributed by atoms with Crippen molar-refractivity contribution in [3.05, 3.63) is 85.1 Å². The number of carbonyl (C=O) groups excluding carboxylic acids is 2. The van der Waals surface area contributed by atoms with Gasteiger partial charge < -0.3 is 29.9 Å². The van der Waals surface area contributed by atoms with Crippen LogP contribution in [0.2, 0.25) is 0 Å². The number of carboxylic acids is 1. The van der Waals surface area contributed by atoms with Gasteiger partial charge >= 0.3 is 25.7 Å². The number of hydrogen-bond acceptors (Lipinski definition) is 10. The predicted octanol–water partition coefficient (Wildman–Crippen LogP) is 10.5. The summed E-state index contributed by atoms with van der Waals surface area (Å²) in [6.45, 7) is 2.54. The molecule has 1 fully saturated rings. The van der Waals surface area contributed by atoms with Crippen LogP contribution in [-0.2, 0) is 42.2 Å². The van der Waals surface area contributed by atoms with Crippen molar-refractivity contribution in [1.82, 2.24) is 0 Å². The molecule has 0 aromatic heterocycles. The minimum absolute atomic E-state index is 0.0619. The Morgan fingerprint density at radius 2 is 1.17 bits per heavy atom. The van der Waals surface area contributed by atoms with Crippen molar-refractivity contribution in [3.8, 4) is 0 Å². The van der Waals surface area contributed by atoms with E-state index in [2.05, 4.69) is 103 Å². The average Bonchev–Trinajstić information content (AvgIpc) is 3.97. The van der Waals surface area contributed by atoms with E-state index in [1.54, 1.807) is 0 Å². The van der Waals surface area contributed by atoms with E-state index >= 15 is 0 Å². The largest absolute Gasteiger partial charge is 0.480 e. The Morgan fingerprint density at radius 3 is 1.76 bits per heavy atom. The molecule has 1 aliphatic heterocycles. The van der Waals surface area contributed by atoms with Gasteiger partial charge in [-0.2, -0.15) is 0 Å². The molecule has 0 aromatic carbocycles. The van der Waals surface area contributed by atoms with Crippen molar-refractivity contribution in [3.63, 3.8) is 0 Å². The third kappa shape index (κ3) is 34.1. The highest BCUT2D eigenvalue weighted by molar-refractivity contribution is 7.47. The third-order valence-corrected chi connectivity index (χ3v) is 10.0. The van der Waals surface area contributed by atoms with Crippen LogP contribution in [0.1, 0.15) is 142 Å². The van der Waals surface area contributed by atoms with E-state index in [1.807, 2.05) is 0 Å². The molecular formula is C46H74NO11P. The van der Waals surface area contributed by atoms with Crippen LogP contribution in [-0.4, -0.2) is 72.1 Å². The third-order valence-electron chi connectivity index (χ3n) is 9.05. The van der Waals surface area contributed by atoms with E-state index in [0.29, 0.717) is 19.3 Å². The zero-order valence-corrected chi connectivity index (χ0v) is 36.6. The summed E-state index contributed by atoms with van der Waals surface area (Å²) in [6.07, 6.45) is 46.6. The minimum Gasteiger partial charge on any atom is -0.480 e. The Bertz CT molecular complexity index is 1390. The quantitative estimate of drug-likeness (QED) is 0.0176. The SMILES string of the molecule is CC/C=C\C/C=C\C/C=C\C/C=C\CCCCCCC(=O)OC[C@H](COP(=O)(O)OC[C@H](N)C(=O)O)OC(=O)CCCC1OC1C/C=C\C/C=C\C/C=C\CCCCC. The van der Waals surface area contributed by atoms with Crippen LogP contribution in [0.5, 0.6) is 0 Å². The second-order valence-corrected chi connectivity index (χ2v) is 15.9. The summed E-state index contributed by atoms with van der Waals surface area (Å²) < 4.78 is 38.4. The fourth-order valence-corrected chi connectivity index (χ4v) is 6.33. The molecule has 5 atom stereocenters. The van der Waals surface area contributed by atoms with Gasteiger partial charge in [0, 0.05) is 12.8 Å². The molecule has 1 aliphatic rings. The summed E-state index contributed by atoms with van der Waals surface area (Å²) in [5.41, 5.74) is 5.33. The normalized spacial score (nSPS) is 18.0. The summed E-state index contributed by atoms with van der Waals surface area (Å²) >= 11 is 0. The highest BCUT2D eigenvalue weighted by Gasteiger charge is 2.37. The first-order chi connectivity index (χ1) is 28.6. The number of carboxylic acid groups (broad SMARTS) is 1. The fourth-order valence-electron chi connectivity index (χ4n) is 5.55. The fraction of sp³-hybridized carbons (Fsp3) is 0.630. The molecule has 13 heteroatoms. The van der Waals surface area contributed by atoms with Gasteiger partial charge in [-0.25, -0.2) is 4.57 Å². The standard InChI is InChI=1S/C46H74NO11P/c1-3-5-7-9-11-13-15-17-18-19-20-21-23-25-27-29-31-35-44(48)54-37-40(38-55-59(52,53)56-39-41(47)46(50)51)57-45(49)36-32-34-43-42(58-43)33-30-28-26-24-22-16-14-12-10-8-6-4-2/h5,7,11-14,17-18,20-22,24,28,30,40-43H,3-4,6,8-10,15-16,19,23,25-27,29,31-39,47H2,1-2H3,(H,50,51)(H,52,53)/b7-5-,13-11-,14-12-,18-17-,21-20-,24-22-,30-28-/t40-,41+,42?,43?/m1/s1. The first-order valence-corrected chi connectivity index (χ1v) is 23.2. The van der Waals surface area contributed by atoms with E-state index in [-0.39, 0.29) is 25.0 Å². The molecule has 0 aromatic rings. The molecule has 0 radical (unpaired) electrons. The van der Waals surface area contributed by atoms with Crippen LogP contribution in [0.25, 0.3) is 0 Å². The predicted molar refractivity (Wildman–Crippen MR) is 235 cm³/mol. The maximum atomic E-state index is 12.7. The number of hydrogen-bond donors (Lipinski definition) is 3. The van der Waals surface area contributed by atoms with Gasteiger partial charge in [-0.3, -0.25) is 23.4 Å². The highest BCUT2D eigenvalue weighted by Crippen LogP contribution is 2.43. The van der Waals surface area contributed by atoms with E-state index in [0.717, 1.165) is 77.0 Å². The van der Waals surface area contributed by atoms with Gasteiger partial charge in [-0.15, -0.1) is 0 Å². The van der Waals surface area contributed by atoms with Gasteiger partial charge in [0.05, 0.1) is 25.4 Å². The van der Waals surface area contributed by atoms with Crippen LogP contribution in [0, 0.1) is 0 Å². The van der Waals surface area contributed by atoms with Crippen molar-refractivity contribution in [2.75, 3.05) is 19.8 Å². The van der Waals surface area contributed by atoms with Gasteiger partial charge in [0.15, 0.2) is 6.10 Å². The molecule has 1 rings (SSSR count). The van der Waals surface area contributed by atoms with E-state index in [9.17, 15) is 23.8 Å². The average molecular weight is 848 g/mol. The van der Waals surface area contributed by atoms with Gasteiger partial charge in [-0.1, -0.05) is 125 Å². The number of aliphatic carboxylic acids is 1. The number of ether oxygens (including phenoxy) is 3. The molecule has 1 saturated heterocycles. The molecule has 334 valence electrons. The van der Waals surface area contributed by atoms with Crippen LogP contribution >= 0.6 is 7.82 Å². The van der Waals surface area contributed by atoms with Crippen LogP contribution in [0.4, 0.5) is 0 Å². The van der Waals surface area contributed by atoms with Gasteiger partial charge in [0.1, 0.15) is 12.6 Å². The zero-order valence-electron chi connectivity index (χ0n) is 35.7. The van der Waals surface area contributed by atoms with Gasteiger partial charge in [-0.05, 0) is 89.9 Å². The minimum atomic E-state index is -4.75. The van der Waals surface area contributed by atoms with Crippen molar-refractivity contribution in [2.24, 2.45) is 5.73 Å². The number of carbonyl (C=O) groups is 3. The van der Waals surface area contributed by atoms with Crippen LogP contribution < -0.4 is 5.73 Å². The lowest BCUT2D eigenvalue weighted by molar-refractivity contribution is -0.161. The maximum absolute atomic E-state index is 12.7. The molecule has 3 unspecified atom stereocenters.